The van der Waals surface area contributed by atoms with Gasteiger partial charge in [0, 0.05) is 11.1 Å². The minimum atomic E-state index is -0.549. The van der Waals surface area contributed by atoms with Gasteiger partial charge in [-0.25, -0.2) is 0 Å². The topological polar surface area (TPSA) is 94.6 Å². The number of ether oxygens (including phenoxy) is 1. The van der Waals surface area contributed by atoms with Crippen LogP contribution in [-0.2, 0) is 4.79 Å². The molecule has 0 aliphatic carbocycles. The molecule has 0 aliphatic rings. The van der Waals surface area contributed by atoms with Crippen molar-refractivity contribution in [3.8, 4) is 5.75 Å². The van der Waals surface area contributed by atoms with Crippen molar-refractivity contribution in [2.75, 3.05) is 11.9 Å². The van der Waals surface area contributed by atoms with E-state index in [1.807, 2.05) is 25.1 Å². The third-order valence-electron chi connectivity index (χ3n) is 3.39. The van der Waals surface area contributed by atoms with E-state index in [1.165, 1.54) is 0 Å². The Bertz CT molecular complexity index is 897. The van der Waals surface area contributed by atoms with Gasteiger partial charge >= 0.3 is 0 Å². The number of nitrogens with two attached hydrogens (primary N) is 1. The predicted octanol–water partition coefficient (Wildman–Crippen LogP) is 2.86. The van der Waals surface area contributed by atoms with Gasteiger partial charge in [0.2, 0.25) is 0 Å². The first kappa shape index (κ1) is 15.6. The maximum Gasteiger partial charge on any atom is 0.291 e. The lowest BCUT2D eigenvalue weighted by molar-refractivity contribution is -0.119. The smallest absolute Gasteiger partial charge is 0.291 e. The Kier molecular flexibility index (Phi) is 4.20. The molecule has 2 amide bonds. The van der Waals surface area contributed by atoms with E-state index in [1.54, 1.807) is 30.3 Å². The van der Waals surface area contributed by atoms with Crippen LogP contribution in [0.15, 0.2) is 52.9 Å². The lowest BCUT2D eigenvalue weighted by Crippen LogP contribution is -2.20. The summed E-state index contributed by atoms with van der Waals surface area (Å²) in [4.78, 5) is 22.9. The molecule has 3 rings (SSSR count). The van der Waals surface area contributed by atoms with E-state index in [0.717, 1.165) is 10.9 Å². The molecule has 6 heteroatoms. The summed E-state index contributed by atoms with van der Waals surface area (Å²) < 4.78 is 10.7. The SMILES string of the molecule is Cc1ccc2oc(C(=O)Nc3ccc(OCC(N)=O)cc3)cc2c1. The Labute approximate surface area is 138 Å². The first-order valence-electron chi connectivity index (χ1n) is 7.34. The number of carbonyl (C=O) groups is 2. The molecule has 0 aliphatic heterocycles. The molecule has 2 aromatic carbocycles. The number of fused-ring (bicyclic) bond motifs is 1. The molecule has 0 saturated carbocycles. The average molecular weight is 324 g/mol. The quantitative estimate of drug-likeness (QED) is 0.754. The Morgan fingerprint density at radius 3 is 2.58 bits per heavy atom. The fourth-order valence-corrected chi connectivity index (χ4v) is 2.26. The van der Waals surface area contributed by atoms with Crippen LogP contribution in [0.5, 0.6) is 5.75 Å². The molecular formula is C18H16N2O4. The molecule has 24 heavy (non-hydrogen) atoms. The normalized spacial score (nSPS) is 10.5. The van der Waals surface area contributed by atoms with Crippen molar-refractivity contribution in [2.45, 2.75) is 6.92 Å². The molecule has 3 N–H and O–H groups in total. The van der Waals surface area contributed by atoms with Gasteiger partial charge in [-0.3, -0.25) is 9.59 Å². The third-order valence-corrected chi connectivity index (χ3v) is 3.39. The summed E-state index contributed by atoms with van der Waals surface area (Å²) in [5, 5.41) is 3.63. The number of amides is 2. The second kappa shape index (κ2) is 6.45. The van der Waals surface area contributed by atoms with E-state index in [0.29, 0.717) is 17.0 Å². The molecule has 0 bridgehead atoms. The molecule has 0 radical (unpaired) electrons. The van der Waals surface area contributed by atoms with Gasteiger partial charge < -0.3 is 20.2 Å². The maximum atomic E-state index is 12.3. The van der Waals surface area contributed by atoms with Gasteiger partial charge in [0.25, 0.3) is 11.8 Å². The van der Waals surface area contributed by atoms with E-state index < -0.39 is 5.91 Å². The van der Waals surface area contributed by atoms with Crippen molar-refractivity contribution in [3.63, 3.8) is 0 Å². The van der Waals surface area contributed by atoms with Crippen LogP contribution >= 0.6 is 0 Å². The van der Waals surface area contributed by atoms with Crippen molar-refractivity contribution >= 4 is 28.5 Å². The van der Waals surface area contributed by atoms with Crippen LogP contribution in [0.3, 0.4) is 0 Å². The third kappa shape index (κ3) is 3.55. The van der Waals surface area contributed by atoms with Gasteiger partial charge in [-0.2, -0.15) is 0 Å². The summed E-state index contributed by atoms with van der Waals surface area (Å²) in [6, 6.07) is 14.1. The van der Waals surface area contributed by atoms with Crippen LogP contribution in [0.2, 0.25) is 0 Å². The Morgan fingerprint density at radius 2 is 1.88 bits per heavy atom. The van der Waals surface area contributed by atoms with Gasteiger partial charge in [0.05, 0.1) is 0 Å². The average Bonchev–Trinajstić information content (AvgIpc) is 2.97. The molecule has 0 spiro atoms. The monoisotopic (exact) mass is 324 g/mol. The number of hydrogen-bond acceptors (Lipinski definition) is 4. The highest BCUT2D eigenvalue weighted by atomic mass is 16.5. The molecule has 6 nitrogen and oxygen atoms in total. The number of benzene rings is 2. The molecule has 3 aromatic rings. The Morgan fingerprint density at radius 1 is 1.12 bits per heavy atom. The van der Waals surface area contributed by atoms with Crippen LogP contribution in [0, 0.1) is 6.92 Å². The van der Waals surface area contributed by atoms with Crippen LogP contribution in [-0.4, -0.2) is 18.4 Å². The zero-order chi connectivity index (χ0) is 17.1. The molecule has 0 atom stereocenters. The predicted molar refractivity (Wildman–Crippen MR) is 90.0 cm³/mol. The number of rotatable bonds is 5. The van der Waals surface area contributed by atoms with Crippen LogP contribution < -0.4 is 15.8 Å². The van der Waals surface area contributed by atoms with Crippen molar-refractivity contribution in [1.82, 2.24) is 0 Å². The fourth-order valence-electron chi connectivity index (χ4n) is 2.26. The highest BCUT2D eigenvalue weighted by Gasteiger charge is 2.12. The van der Waals surface area contributed by atoms with Crippen molar-refractivity contribution < 1.29 is 18.7 Å². The van der Waals surface area contributed by atoms with Crippen LogP contribution in [0.1, 0.15) is 16.1 Å². The first-order chi connectivity index (χ1) is 11.5. The van der Waals surface area contributed by atoms with Crippen molar-refractivity contribution in [2.24, 2.45) is 5.73 Å². The second-order valence-electron chi connectivity index (χ2n) is 5.39. The van der Waals surface area contributed by atoms with Crippen LogP contribution in [0.25, 0.3) is 11.0 Å². The standard InChI is InChI=1S/C18H16N2O4/c1-11-2-7-15-12(8-11)9-16(24-15)18(22)20-13-3-5-14(6-4-13)23-10-17(19)21/h2-9H,10H2,1H3,(H2,19,21)(H,20,22). The summed E-state index contributed by atoms with van der Waals surface area (Å²) in [5.74, 6) is -0.155. The van der Waals surface area contributed by atoms with E-state index >= 15 is 0 Å². The molecule has 1 heterocycles. The molecule has 1 aromatic heterocycles. The molecule has 0 saturated heterocycles. The zero-order valence-corrected chi connectivity index (χ0v) is 13.0. The number of nitrogens with one attached hydrogen (secondary N) is 1. The summed E-state index contributed by atoms with van der Waals surface area (Å²) in [6.07, 6.45) is 0. The van der Waals surface area contributed by atoms with Gasteiger partial charge in [0.15, 0.2) is 12.4 Å². The van der Waals surface area contributed by atoms with Crippen molar-refractivity contribution in [3.05, 3.63) is 59.9 Å². The zero-order valence-electron chi connectivity index (χ0n) is 13.0. The van der Waals surface area contributed by atoms with Gasteiger partial charge in [0.1, 0.15) is 11.3 Å². The number of furan rings is 1. The molecule has 0 unspecified atom stereocenters. The summed E-state index contributed by atoms with van der Waals surface area (Å²) in [6.45, 7) is 1.79. The van der Waals surface area contributed by atoms with Gasteiger partial charge in [-0.15, -0.1) is 0 Å². The highest BCUT2D eigenvalue weighted by Crippen LogP contribution is 2.22. The Hall–Kier alpha value is -3.28. The number of primary amides is 1. The number of anilines is 1. The summed E-state index contributed by atoms with van der Waals surface area (Å²) >= 11 is 0. The largest absolute Gasteiger partial charge is 0.484 e. The lowest BCUT2D eigenvalue weighted by Gasteiger charge is -2.06. The fraction of sp³-hybridized carbons (Fsp3) is 0.111. The summed E-state index contributed by atoms with van der Waals surface area (Å²) in [7, 11) is 0. The van der Waals surface area contributed by atoms with Crippen molar-refractivity contribution in [1.29, 1.82) is 0 Å². The van der Waals surface area contributed by atoms with E-state index in [4.69, 9.17) is 14.9 Å². The lowest BCUT2D eigenvalue weighted by atomic mass is 10.2. The molecular weight excluding hydrogens is 308 g/mol. The number of carbonyl (C=O) groups excluding carboxylic acids is 2. The van der Waals surface area contributed by atoms with E-state index in [2.05, 4.69) is 5.32 Å². The van der Waals surface area contributed by atoms with E-state index in [9.17, 15) is 9.59 Å². The Balaban J connectivity index is 1.70. The maximum absolute atomic E-state index is 12.3. The molecule has 0 fully saturated rings. The number of aryl methyl sites for hydroxylation is 1. The first-order valence-corrected chi connectivity index (χ1v) is 7.34. The van der Waals surface area contributed by atoms with Gasteiger partial charge in [-0.1, -0.05) is 11.6 Å². The highest BCUT2D eigenvalue weighted by molar-refractivity contribution is 6.04. The van der Waals surface area contributed by atoms with Gasteiger partial charge in [-0.05, 0) is 49.4 Å². The second-order valence-corrected chi connectivity index (χ2v) is 5.39. The number of hydrogen-bond donors (Lipinski definition) is 2. The van der Waals surface area contributed by atoms with Crippen LogP contribution in [0.4, 0.5) is 5.69 Å². The minimum absolute atomic E-state index is 0.190. The minimum Gasteiger partial charge on any atom is -0.484 e. The molecule has 122 valence electrons. The summed E-state index contributed by atoms with van der Waals surface area (Å²) in [5.41, 5.74) is 7.36. The van der Waals surface area contributed by atoms with E-state index in [-0.39, 0.29) is 18.3 Å².